The molecule has 0 heterocycles. The maximum atomic E-state index is 13.6. The van der Waals surface area contributed by atoms with E-state index < -0.39 is 0 Å². The number of aryl methyl sites for hydroxylation is 1. The highest BCUT2D eigenvalue weighted by Crippen LogP contribution is 2.27. The monoisotopic (exact) mass is 349 g/mol. The van der Waals surface area contributed by atoms with Crippen molar-refractivity contribution in [2.75, 3.05) is 0 Å². The average Bonchev–Trinajstić information content (AvgIpc) is 2.90. The predicted octanol–water partition coefficient (Wildman–Crippen LogP) is 4.29. The van der Waals surface area contributed by atoms with Gasteiger partial charge in [0.2, 0.25) is 0 Å². The van der Waals surface area contributed by atoms with Gasteiger partial charge in [0.25, 0.3) is 0 Å². The molecule has 0 radical (unpaired) electrons. The topological polar surface area (TPSA) is 41.8 Å². The molecular weight excluding hydrogens is 337 g/mol. The summed E-state index contributed by atoms with van der Waals surface area (Å²) in [4.78, 5) is 0. The molecule has 0 spiro atoms. The predicted molar refractivity (Wildman–Crippen MR) is 81.5 cm³/mol. The van der Waals surface area contributed by atoms with E-state index in [4.69, 9.17) is 9.94 Å². The van der Waals surface area contributed by atoms with Crippen LogP contribution >= 0.6 is 15.9 Å². The maximum absolute atomic E-state index is 13.6. The minimum atomic E-state index is -0.283. The third-order valence-electron chi connectivity index (χ3n) is 3.54. The molecule has 0 bridgehead atoms. The first-order valence-electron chi connectivity index (χ1n) is 6.58. The molecule has 0 saturated heterocycles. The van der Waals surface area contributed by atoms with Gasteiger partial charge < -0.3 is 9.94 Å². The van der Waals surface area contributed by atoms with Gasteiger partial charge in [-0.05, 0) is 54.8 Å². The second-order valence-electron chi connectivity index (χ2n) is 4.89. The van der Waals surface area contributed by atoms with Crippen LogP contribution in [0, 0.1) is 5.82 Å². The third kappa shape index (κ3) is 2.93. The van der Waals surface area contributed by atoms with Crippen molar-refractivity contribution in [3.8, 4) is 5.75 Å². The SMILES string of the molecule is O/N=C1/CCc2cc(OCc3cc(Br)ccc3F)ccc21. The summed E-state index contributed by atoms with van der Waals surface area (Å²) < 4.78 is 20.1. The van der Waals surface area contributed by atoms with E-state index in [2.05, 4.69) is 21.1 Å². The molecule has 0 aromatic heterocycles. The first kappa shape index (κ1) is 14.1. The third-order valence-corrected chi connectivity index (χ3v) is 4.03. The Kier molecular flexibility index (Phi) is 3.92. The lowest BCUT2D eigenvalue weighted by Gasteiger charge is -2.09. The number of nitrogens with zero attached hydrogens (tertiary/aromatic N) is 1. The van der Waals surface area contributed by atoms with Gasteiger partial charge in [0.05, 0.1) is 5.71 Å². The van der Waals surface area contributed by atoms with Crippen LogP contribution in [0.2, 0.25) is 0 Å². The van der Waals surface area contributed by atoms with Gasteiger partial charge in [-0.3, -0.25) is 0 Å². The second-order valence-corrected chi connectivity index (χ2v) is 5.81. The first-order valence-corrected chi connectivity index (χ1v) is 7.37. The first-order chi connectivity index (χ1) is 10.2. The van der Waals surface area contributed by atoms with Gasteiger partial charge >= 0.3 is 0 Å². The van der Waals surface area contributed by atoms with Crippen molar-refractivity contribution in [3.05, 3.63) is 63.4 Å². The summed E-state index contributed by atoms with van der Waals surface area (Å²) in [6.45, 7) is 0.172. The smallest absolute Gasteiger partial charge is 0.129 e. The number of fused-ring (bicyclic) bond motifs is 1. The molecule has 0 fully saturated rings. The van der Waals surface area contributed by atoms with E-state index in [1.807, 2.05) is 18.2 Å². The standard InChI is InChI=1S/C16H13BrFNO2/c17-12-2-5-15(18)11(7-12)9-21-13-3-4-14-10(8-13)1-6-16(14)19-20/h2-5,7-8,20H,1,6,9H2/b19-16-. The summed E-state index contributed by atoms with van der Waals surface area (Å²) in [5.74, 6) is 0.404. The largest absolute Gasteiger partial charge is 0.489 e. The molecule has 1 aliphatic rings. The van der Waals surface area contributed by atoms with E-state index in [9.17, 15) is 4.39 Å². The Balaban J connectivity index is 1.76. The van der Waals surface area contributed by atoms with E-state index in [1.54, 1.807) is 12.1 Å². The minimum absolute atomic E-state index is 0.172. The van der Waals surface area contributed by atoms with Gasteiger partial charge in [-0.1, -0.05) is 21.1 Å². The molecule has 2 aromatic rings. The highest BCUT2D eigenvalue weighted by atomic mass is 79.9. The number of hydrogen-bond acceptors (Lipinski definition) is 3. The molecular formula is C16H13BrFNO2. The molecule has 0 atom stereocenters. The number of oxime groups is 1. The molecule has 0 amide bonds. The van der Waals surface area contributed by atoms with Crippen LogP contribution in [0.5, 0.6) is 5.75 Å². The van der Waals surface area contributed by atoms with Gasteiger partial charge in [0, 0.05) is 15.6 Å². The Bertz CT molecular complexity index is 715. The highest BCUT2D eigenvalue weighted by Gasteiger charge is 2.18. The van der Waals surface area contributed by atoms with Crippen LogP contribution in [-0.4, -0.2) is 10.9 Å². The number of ether oxygens (including phenoxy) is 1. The molecule has 3 nitrogen and oxygen atoms in total. The quantitative estimate of drug-likeness (QED) is 0.663. The van der Waals surface area contributed by atoms with Crippen molar-refractivity contribution in [1.29, 1.82) is 0 Å². The lowest BCUT2D eigenvalue weighted by Crippen LogP contribution is -1.99. The van der Waals surface area contributed by atoms with Gasteiger partial charge in [0.1, 0.15) is 18.2 Å². The Morgan fingerprint density at radius 3 is 2.86 bits per heavy atom. The van der Waals surface area contributed by atoms with E-state index in [1.165, 1.54) is 6.07 Å². The molecule has 1 N–H and O–H groups in total. The Morgan fingerprint density at radius 2 is 2.05 bits per heavy atom. The van der Waals surface area contributed by atoms with Crippen molar-refractivity contribution in [2.24, 2.45) is 5.16 Å². The number of benzene rings is 2. The molecule has 0 unspecified atom stereocenters. The van der Waals surface area contributed by atoms with E-state index >= 15 is 0 Å². The normalized spacial score (nSPS) is 15.2. The van der Waals surface area contributed by atoms with Gasteiger partial charge in [0.15, 0.2) is 0 Å². The van der Waals surface area contributed by atoms with E-state index in [0.29, 0.717) is 17.0 Å². The zero-order valence-corrected chi connectivity index (χ0v) is 12.7. The Labute approximate surface area is 130 Å². The average molecular weight is 350 g/mol. The maximum Gasteiger partial charge on any atom is 0.129 e. The van der Waals surface area contributed by atoms with Crippen molar-refractivity contribution in [1.82, 2.24) is 0 Å². The van der Waals surface area contributed by atoms with Crippen molar-refractivity contribution in [2.45, 2.75) is 19.4 Å². The van der Waals surface area contributed by atoms with Crippen LogP contribution in [0.1, 0.15) is 23.1 Å². The van der Waals surface area contributed by atoms with Crippen LogP contribution in [0.25, 0.3) is 0 Å². The molecule has 108 valence electrons. The van der Waals surface area contributed by atoms with Crippen molar-refractivity contribution in [3.63, 3.8) is 0 Å². The fraction of sp³-hybridized carbons (Fsp3) is 0.188. The Morgan fingerprint density at radius 1 is 1.19 bits per heavy atom. The molecule has 21 heavy (non-hydrogen) atoms. The number of halogens is 2. The minimum Gasteiger partial charge on any atom is -0.489 e. The molecule has 2 aromatic carbocycles. The molecule has 3 rings (SSSR count). The van der Waals surface area contributed by atoms with Crippen LogP contribution in [0.3, 0.4) is 0 Å². The van der Waals surface area contributed by atoms with Gasteiger partial charge in [-0.25, -0.2) is 4.39 Å². The van der Waals surface area contributed by atoms with Crippen LogP contribution in [-0.2, 0) is 13.0 Å². The molecule has 0 saturated carbocycles. The fourth-order valence-corrected chi connectivity index (χ4v) is 2.86. The van der Waals surface area contributed by atoms with Crippen LogP contribution in [0.15, 0.2) is 46.0 Å². The summed E-state index contributed by atoms with van der Waals surface area (Å²) in [6, 6.07) is 10.4. The highest BCUT2D eigenvalue weighted by molar-refractivity contribution is 9.10. The zero-order valence-electron chi connectivity index (χ0n) is 11.1. The lowest BCUT2D eigenvalue weighted by molar-refractivity contribution is 0.299. The molecule has 5 heteroatoms. The lowest BCUT2D eigenvalue weighted by atomic mass is 10.1. The van der Waals surface area contributed by atoms with E-state index in [-0.39, 0.29) is 12.4 Å². The zero-order chi connectivity index (χ0) is 14.8. The van der Waals surface area contributed by atoms with Crippen LogP contribution in [0.4, 0.5) is 4.39 Å². The summed E-state index contributed by atoms with van der Waals surface area (Å²) in [5, 5.41) is 12.2. The van der Waals surface area contributed by atoms with Crippen molar-refractivity contribution >= 4 is 21.6 Å². The Hall–Kier alpha value is -1.88. The second kappa shape index (κ2) is 5.85. The molecule has 0 aliphatic heterocycles. The van der Waals surface area contributed by atoms with Gasteiger partial charge in [-0.2, -0.15) is 0 Å². The van der Waals surface area contributed by atoms with Gasteiger partial charge in [-0.15, -0.1) is 0 Å². The fourth-order valence-electron chi connectivity index (χ4n) is 2.45. The summed E-state index contributed by atoms with van der Waals surface area (Å²) in [6.07, 6.45) is 1.56. The van der Waals surface area contributed by atoms with E-state index in [0.717, 1.165) is 28.4 Å². The number of rotatable bonds is 3. The summed E-state index contributed by atoms with van der Waals surface area (Å²) >= 11 is 3.32. The number of hydrogen-bond donors (Lipinski definition) is 1. The van der Waals surface area contributed by atoms with Crippen molar-refractivity contribution < 1.29 is 14.3 Å². The van der Waals surface area contributed by atoms with Crippen LogP contribution < -0.4 is 4.74 Å². The summed E-state index contributed by atoms with van der Waals surface area (Å²) in [7, 11) is 0. The summed E-state index contributed by atoms with van der Waals surface area (Å²) in [5.41, 5.74) is 3.26. The molecule has 1 aliphatic carbocycles.